The van der Waals surface area contributed by atoms with Crippen LogP contribution in [0.5, 0.6) is 0 Å². The van der Waals surface area contributed by atoms with Crippen molar-refractivity contribution in [3.8, 4) is 11.5 Å². The Balaban J connectivity index is 3.66. The second-order valence-corrected chi connectivity index (χ2v) is 11.8. The summed E-state index contributed by atoms with van der Waals surface area (Å²) in [7, 11) is -1.11. The number of hydrogen-bond donors (Lipinski definition) is 0. The molecule has 2 heteroatoms. The minimum absolute atomic E-state index is 0.00266. The largest absolute Gasteiger partial charge is 0.132 e. The van der Waals surface area contributed by atoms with E-state index in [1.54, 1.807) is 0 Å². The maximum atomic E-state index is 3.40. The van der Waals surface area contributed by atoms with E-state index in [0.717, 1.165) is 0 Å². The Hall–Kier alpha value is -0.00623. The Morgan fingerprint density at radius 2 is 1.83 bits per heavy atom. The van der Waals surface area contributed by atoms with Gasteiger partial charge in [-0.15, -0.1) is 11.5 Å². The maximum Gasteiger partial charge on any atom is 0.132 e. The summed E-state index contributed by atoms with van der Waals surface area (Å²) in [4.78, 5) is 0. The lowest BCUT2D eigenvalue weighted by atomic mass is 10.6. The summed E-state index contributed by atoms with van der Waals surface area (Å²) >= 11 is 0. The molecule has 0 N–H and O–H groups in total. The van der Waals surface area contributed by atoms with Crippen LogP contribution in [0.15, 0.2) is 0 Å². The van der Waals surface area contributed by atoms with Crippen molar-refractivity contribution in [3.63, 3.8) is 0 Å². The molecule has 0 aliphatic heterocycles. The molecule has 0 aromatic rings. The third-order valence-electron chi connectivity index (χ3n) is 1.94. The summed E-state index contributed by atoms with van der Waals surface area (Å²) in [6, 6.07) is 2.86. The van der Waals surface area contributed by atoms with E-state index in [1.807, 2.05) is 6.92 Å². The summed E-state index contributed by atoms with van der Waals surface area (Å²) in [6.07, 6.45) is 1.41. The topological polar surface area (TPSA) is 0 Å². The smallest absolute Gasteiger partial charge is 0.132 e. The van der Waals surface area contributed by atoms with Gasteiger partial charge in [-0.3, -0.25) is 0 Å². The first kappa shape index (κ1) is 12.0. The van der Waals surface area contributed by atoms with Crippen LogP contribution in [-0.4, -0.2) is 16.9 Å². The van der Waals surface area contributed by atoms with Gasteiger partial charge in [0.05, 0.1) is 0 Å². The fraction of sp³-hybridized carbons (Fsp3) is 0.800. The second kappa shape index (κ2) is 5.61. The molecule has 0 rings (SSSR count). The Kier molecular flexibility index (Phi) is 5.60. The monoisotopic (exact) mass is 197 g/mol. The summed E-state index contributed by atoms with van der Waals surface area (Å²) < 4.78 is 0. The highest BCUT2D eigenvalue weighted by Gasteiger charge is 2.16. The molecule has 0 fully saturated rings. The van der Waals surface area contributed by atoms with Gasteiger partial charge in [-0.25, -0.2) is 0 Å². The summed E-state index contributed by atoms with van der Waals surface area (Å²) in [5, 5.41) is 0. The molecule has 69 valence electrons. The van der Waals surface area contributed by atoms with Crippen LogP contribution in [0, 0.1) is 11.5 Å². The fourth-order valence-electron chi connectivity index (χ4n) is 1.28. The van der Waals surface area contributed by atoms with Crippen LogP contribution in [0.25, 0.3) is 0 Å². The average Bonchev–Trinajstić information content (AvgIpc) is 1.85. The van der Waals surface area contributed by atoms with E-state index >= 15 is 0 Å². The lowest BCUT2D eigenvalue weighted by Crippen LogP contribution is -2.23. The van der Waals surface area contributed by atoms with Crippen LogP contribution in [0.3, 0.4) is 0 Å². The molecule has 1 radical (unpaired) electrons. The normalized spacial score (nSPS) is 11.2. The molecule has 0 saturated carbocycles. The van der Waals surface area contributed by atoms with E-state index in [4.69, 9.17) is 0 Å². The first-order valence-corrected chi connectivity index (χ1v) is 10.6. The zero-order valence-electron chi connectivity index (χ0n) is 9.12. The molecule has 0 unspecified atom stereocenters. The first-order chi connectivity index (χ1) is 5.48. The van der Waals surface area contributed by atoms with Crippen LogP contribution >= 0.6 is 0 Å². The van der Waals surface area contributed by atoms with Gasteiger partial charge >= 0.3 is 0 Å². The van der Waals surface area contributed by atoms with Crippen LogP contribution in [0.4, 0.5) is 0 Å². The van der Waals surface area contributed by atoms with E-state index in [2.05, 4.69) is 37.7 Å². The van der Waals surface area contributed by atoms with Crippen molar-refractivity contribution < 1.29 is 0 Å². The Morgan fingerprint density at radius 3 is 2.25 bits per heavy atom. The standard InChI is InChI=1S/C10H21Si2/c1-6-9-12(4,5)10-7-8-11(2)3/h7-8,10H2,1-5H3. The summed E-state index contributed by atoms with van der Waals surface area (Å²) in [5.74, 6) is 3.07. The summed E-state index contributed by atoms with van der Waals surface area (Å²) in [6.45, 7) is 11.5. The fourth-order valence-corrected chi connectivity index (χ4v) is 4.38. The molecule has 0 aliphatic carbocycles. The van der Waals surface area contributed by atoms with Crippen molar-refractivity contribution in [3.05, 3.63) is 0 Å². The molecule has 0 aliphatic rings. The number of hydrogen-bond acceptors (Lipinski definition) is 0. The molecular weight excluding hydrogens is 176 g/mol. The molecular formula is C10H21Si2. The lowest BCUT2D eigenvalue weighted by molar-refractivity contribution is 1.03. The van der Waals surface area contributed by atoms with Gasteiger partial charge in [0.25, 0.3) is 0 Å². The molecule has 0 amide bonds. The maximum absolute atomic E-state index is 3.40. The van der Waals surface area contributed by atoms with Crippen LogP contribution in [0.2, 0.25) is 38.3 Å². The minimum Gasteiger partial charge on any atom is -0.132 e. The average molecular weight is 197 g/mol. The molecule has 0 nitrogen and oxygen atoms in total. The first-order valence-electron chi connectivity index (χ1n) is 4.71. The zero-order valence-corrected chi connectivity index (χ0v) is 11.1. The Bertz CT molecular complexity index is 172. The molecule has 0 saturated heterocycles. The lowest BCUT2D eigenvalue weighted by Gasteiger charge is -2.14. The van der Waals surface area contributed by atoms with E-state index in [9.17, 15) is 0 Å². The predicted octanol–water partition coefficient (Wildman–Crippen LogP) is 3.40. The van der Waals surface area contributed by atoms with Crippen molar-refractivity contribution in [1.29, 1.82) is 0 Å². The molecule has 0 aromatic heterocycles. The minimum atomic E-state index is -1.11. The molecule has 0 bridgehead atoms. The highest BCUT2D eigenvalue weighted by Crippen LogP contribution is 2.13. The van der Waals surface area contributed by atoms with Gasteiger partial charge in [0.2, 0.25) is 0 Å². The second-order valence-electron chi connectivity index (χ2n) is 4.32. The van der Waals surface area contributed by atoms with Gasteiger partial charge < -0.3 is 0 Å². The van der Waals surface area contributed by atoms with E-state index in [1.165, 1.54) is 18.5 Å². The predicted molar refractivity (Wildman–Crippen MR) is 62.6 cm³/mol. The van der Waals surface area contributed by atoms with Crippen LogP contribution in [-0.2, 0) is 0 Å². The van der Waals surface area contributed by atoms with Crippen molar-refractivity contribution in [2.24, 2.45) is 0 Å². The molecule has 0 heterocycles. The number of rotatable bonds is 4. The van der Waals surface area contributed by atoms with E-state index < -0.39 is 8.07 Å². The van der Waals surface area contributed by atoms with Gasteiger partial charge in [0.15, 0.2) is 0 Å². The van der Waals surface area contributed by atoms with Gasteiger partial charge in [-0.05, 0) is 13.0 Å². The Morgan fingerprint density at radius 1 is 1.25 bits per heavy atom. The highest BCUT2D eigenvalue weighted by molar-refractivity contribution is 6.85. The highest BCUT2D eigenvalue weighted by atomic mass is 28.3. The van der Waals surface area contributed by atoms with Crippen molar-refractivity contribution >= 4 is 16.9 Å². The molecule has 12 heavy (non-hydrogen) atoms. The van der Waals surface area contributed by atoms with Crippen LogP contribution in [0.1, 0.15) is 13.3 Å². The van der Waals surface area contributed by atoms with E-state index in [-0.39, 0.29) is 8.80 Å². The van der Waals surface area contributed by atoms with E-state index in [0.29, 0.717) is 0 Å². The summed E-state index contributed by atoms with van der Waals surface area (Å²) in [5.41, 5.74) is 3.40. The van der Waals surface area contributed by atoms with Gasteiger partial charge in [-0.1, -0.05) is 38.7 Å². The third-order valence-corrected chi connectivity index (χ3v) is 5.83. The van der Waals surface area contributed by atoms with Gasteiger partial charge in [-0.2, -0.15) is 0 Å². The van der Waals surface area contributed by atoms with Crippen LogP contribution < -0.4 is 0 Å². The third kappa shape index (κ3) is 6.69. The zero-order chi connectivity index (χ0) is 9.61. The quantitative estimate of drug-likeness (QED) is 0.479. The van der Waals surface area contributed by atoms with Gasteiger partial charge in [0.1, 0.15) is 8.07 Å². The molecule has 0 spiro atoms. The van der Waals surface area contributed by atoms with Crippen molar-refractivity contribution in [2.75, 3.05) is 0 Å². The van der Waals surface area contributed by atoms with Crippen molar-refractivity contribution in [2.45, 2.75) is 51.6 Å². The molecule has 0 atom stereocenters. The SMILES string of the molecule is CC#C[Si](C)(C)CCC[Si](C)C. The molecule has 0 aromatic carbocycles. The van der Waals surface area contributed by atoms with Crippen molar-refractivity contribution in [1.82, 2.24) is 0 Å². The Labute approximate surface area is 80.4 Å². The van der Waals surface area contributed by atoms with Gasteiger partial charge in [0, 0.05) is 8.80 Å².